The van der Waals surface area contributed by atoms with Gasteiger partial charge in [-0.25, -0.2) is 0 Å². The van der Waals surface area contributed by atoms with Gasteiger partial charge in [0.25, 0.3) is 5.91 Å². The summed E-state index contributed by atoms with van der Waals surface area (Å²) in [5.74, 6) is 0.935. The van der Waals surface area contributed by atoms with Crippen LogP contribution in [0.15, 0.2) is 24.3 Å². The van der Waals surface area contributed by atoms with Crippen LogP contribution in [0.5, 0.6) is 5.75 Å². The van der Waals surface area contributed by atoms with Crippen molar-refractivity contribution in [3.8, 4) is 5.75 Å². The van der Waals surface area contributed by atoms with E-state index in [-0.39, 0.29) is 12.5 Å². The topological polar surface area (TPSA) is 49.8 Å². The molecule has 1 aliphatic heterocycles. The number of benzene rings is 1. The maximum absolute atomic E-state index is 11.9. The number of rotatable bonds is 4. The lowest BCUT2D eigenvalue weighted by atomic mass is 9.89. The molecule has 19 heavy (non-hydrogen) atoms. The van der Waals surface area contributed by atoms with Gasteiger partial charge in [0, 0.05) is 5.02 Å². The summed E-state index contributed by atoms with van der Waals surface area (Å²) in [6.45, 7) is 0.892. The quantitative estimate of drug-likeness (QED) is 0.914. The SMILES string of the molecule is O=C(COc1ccc(Cl)cc1)N1CC(O)(C2CC2)C1. The third-order valence-corrected chi connectivity index (χ3v) is 4.05. The smallest absolute Gasteiger partial charge is 0.260 e. The molecule has 1 amide bonds. The summed E-state index contributed by atoms with van der Waals surface area (Å²) >= 11 is 5.76. The van der Waals surface area contributed by atoms with Gasteiger partial charge in [-0.2, -0.15) is 0 Å². The lowest BCUT2D eigenvalue weighted by Crippen LogP contribution is -2.65. The fraction of sp³-hybridized carbons (Fsp3) is 0.500. The number of β-amino-alcohol motifs (C(OH)–C–C–N with tert-alkyl or cyclic N) is 1. The second-order valence-corrected chi connectivity index (χ2v) is 5.81. The van der Waals surface area contributed by atoms with E-state index in [2.05, 4.69) is 0 Å². The molecule has 2 fully saturated rings. The van der Waals surface area contributed by atoms with Crippen molar-refractivity contribution < 1.29 is 14.6 Å². The second-order valence-electron chi connectivity index (χ2n) is 5.37. The van der Waals surface area contributed by atoms with Gasteiger partial charge in [0.1, 0.15) is 11.4 Å². The molecule has 102 valence electrons. The predicted octanol–water partition coefficient (Wildman–Crippen LogP) is 1.70. The van der Waals surface area contributed by atoms with E-state index in [1.165, 1.54) is 0 Å². The number of carbonyl (C=O) groups is 1. The van der Waals surface area contributed by atoms with Crippen LogP contribution in [0.1, 0.15) is 12.8 Å². The van der Waals surface area contributed by atoms with Gasteiger partial charge in [-0.1, -0.05) is 11.6 Å². The molecule has 1 saturated heterocycles. The predicted molar refractivity (Wildman–Crippen MR) is 71.2 cm³/mol. The highest BCUT2D eigenvalue weighted by Gasteiger charge is 2.53. The third-order valence-electron chi connectivity index (χ3n) is 3.80. The summed E-state index contributed by atoms with van der Waals surface area (Å²) in [5.41, 5.74) is -0.629. The van der Waals surface area contributed by atoms with Gasteiger partial charge in [-0.3, -0.25) is 4.79 Å². The molecule has 4 nitrogen and oxygen atoms in total. The third kappa shape index (κ3) is 2.69. The Bertz CT molecular complexity index is 478. The lowest BCUT2D eigenvalue weighted by Gasteiger charge is -2.46. The molecule has 0 atom stereocenters. The van der Waals surface area contributed by atoms with Gasteiger partial charge in [-0.05, 0) is 43.0 Å². The molecule has 0 aromatic heterocycles. The minimum Gasteiger partial charge on any atom is -0.484 e. The van der Waals surface area contributed by atoms with Crippen LogP contribution in [0.3, 0.4) is 0 Å². The van der Waals surface area contributed by atoms with E-state index in [0.717, 1.165) is 12.8 Å². The average molecular weight is 282 g/mol. The first kappa shape index (κ1) is 12.8. The Morgan fingerprint density at radius 1 is 1.37 bits per heavy atom. The number of hydrogen-bond acceptors (Lipinski definition) is 3. The molecule has 1 heterocycles. The van der Waals surface area contributed by atoms with E-state index in [1.54, 1.807) is 29.2 Å². The molecule has 1 aliphatic carbocycles. The van der Waals surface area contributed by atoms with Gasteiger partial charge in [0.05, 0.1) is 13.1 Å². The zero-order valence-corrected chi connectivity index (χ0v) is 11.3. The van der Waals surface area contributed by atoms with Crippen molar-refractivity contribution in [3.05, 3.63) is 29.3 Å². The van der Waals surface area contributed by atoms with Crippen molar-refractivity contribution in [2.24, 2.45) is 5.92 Å². The molecular weight excluding hydrogens is 266 g/mol. The first-order valence-electron chi connectivity index (χ1n) is 6.45. The summed E-state index contributed by atoms with van der Waals surface area (Å²) in [7, 11) is 0. The summed E-state index contributed by atoms with van der Waals surface area (Å²) in [5, 5.41) is 10.8. The van der Waals surface area contributed by atoms with E-state index in [9.17, 15) is 9.90 Å². The normalized spacial score (nSPS) is 20.8. The first-order valence-corrected chi connectivity index (χ1v) is 6.83. The van der Waals surface area contributed by atoms with Crippen molar-refractivity contribution in [2.75, 3.05) is 19.7 Å². The van der Waals surface area contributed by atoms with Crippen LogP contribution < -0.4 is 4.74 Å². The maximum atomic E-state index is 11.9. The Balaban J connectivity index is 1.46. The lowest BCUT2D eigenvalue weighted by molar-refractivity contribution is -0.161. The Hall–Kier alpha value is -1.26. The molecule has 1 saturated carbocycles. The van der Waals surface area contributed by atoms with Gasteiger partial charge in [-0.15, -0.1) is 0 Å². The molecule has 1 aromatic rings. The molecule has 5 heteroatoms. The molecule has 1 aromatic carbocycles. The second kappa shape index (κ2) is 4.69. The van der Waals surface area contributed by atoms with Crippen LogP contribution in [-0.2, 0) is 4.79 Å². The minimum absolute atomic E-state index is 0.00236. The number of halogens is 1. The molecular formula is C14H16ClNO3. The zero-order valence-electron chi connectivity index (χ0n) is 10.5. The zero-order chi connectivity index (χ0) is 13.5. The average Bonchev–Trinajstić information content (AvgIpc) is 3.18. The van der Waals surface area contributed by atoms with Crippen LogP contribution in [0.2, 0.25) is 5.02 Å². The fourth-order valence-electron chi connectivity index (χ4n) is 2.44. The molecule has 0 unspecified atom stereocenters. The Kier molecular flexibility index (Phi) is 3.15. The van der Waals surface area contributed by atoms with E-state index in [4.69, 9.17) is 16.3 Å². The summed E-state index contributed by atoms with van der Waals surface area (Å²) in [6.07, 6.45) is 2.17. The van der Waals surface area contributed by atoms with Crippen molar-refractivity contribution in [1.82, 2.24) is 4.90 Å². The molecule has 0 spiro atoms. The van der Waals surface area contributed by atoms with Gasteiger partial charge in [0.15, 0.2) is 6.61 Å². The van der Waals surface area contributed by atoms with E-state index >= 15 is 0 Å². The first-order chi connectivity index (χ1) is 9.07. The molecule has 1 N–H and O–H groups in total. The van der Waals surface area contributed by atoms with Gasteiger partial charge < -0.3 is 14.7 Å². The largest absolute Gasteiger partial charge is 0.484 e. The molecule has 2 aliphatic rings. The van der Waals surface area contributed by atoms with Crippen LogP contribution in [-0.4, -0.2) is 41.2 Å². The van der Waals surface area contributed by atoms with E-state index in [1.807, 2.05) is 0 Å². The minimum atomic E-state index is -0.629. The number of ether oxygens (including phenoxy) is 1. The van der Waals surface area contributed by atoms with Crippen LogP contribution in [0.4, 0.5) is 0 Å². The van der Waals surface area contributed by atoms with E-state index in [0.29, 0.717) is 29.8 Å². The van der Waals surface area contributed by atoms with Gasteiger partial charge >= 0.3 is 0 Å². The number of nitrogens with zero attached hydrogens (tertiary/aromatic N) is 1. The van der Waals surface area contributed by atoms with Crippen LogP contribution >= 0.6 is 11.6 Å². The molecule has 3 rings (SSSR count). The number of likely N-dealkylation sites (tertiary alicyclic amines) is 1. The summed E-state index contributed by atoms with van der Waals surface area (Å²) in [4.78, 5) is 13.5. The van der Waals surface area contributed by atoms with Crippen molar-refractivity contribution >= 4 is 17.5 Å². The highest BCUT2D eigenvalue weighted by molar-refractivity contribution is 6.30. The number of carbonyl (C=O) groups excluding carboxylic acids is 1. The van der Waals surface area contributed by atoms with Crippen molar-refractivity contribution in [3.63, 3.8) is 0 Å². The maximum Gasteiger partial charge on any atom is 0.260 e. The fourth-order valence-corrected chi connectivity index (χ4v) is 2.56. The van der Waals surface area contributed by atoms with E-state index < -0.39 is 5.60 Å². The van der Waals surface area contributed by atoms with Crippen LogP contribution in [0.25, 0.3) is 0 Å². The Morgan fingerprint density at radius 2 is 2.00 bits per heavy atom. The highest BCUT2D eigenvalue weighted by Crippen LogP contribution is 2.44. The standard InChI is InChI=1S/C14H16ClNO3/c15-11-3-5-12(6-4-11)19-7-13(17)16-8-14(18,9-16)10-1-2-10/h3-6,10,18H,1-2,7-9H2. The number of hydrogen-bond donors (Lipinski definition) is 1. The monoisotopic (exact) mass is 281 g/mol. The Morgan fingerprint density at radius 3 is 2.58 bits per heavy atom. The summed E-state index contributed by atoms with van der Waals surface area (Å²) < 4.78 is 5.39. The van der Waals surface area contributed by atoms with Crippen molar-refractivity contribution in [1.29, 1.82) is 0 Å². The number of aliphatic hydroxyl groups is 1. The van der Waals surface area contributed by atoms with Crippen LogP contribution in [0, 0.1) is 5.92 Å². The summed E-state index contributed by atoms with van der Waals surface area (Å²) in [6, 6.07) is 6.90. The van der Waals surface area contributed by atoms with Crippen molar-refractivity contribution in [2.45, 2.75) is 18.4 Å². The number of amides is 1. The van der Waals surface area contributed by atoms with Gasteiger partial charge in [0.2, 0.25) is 0 Å². The molecule has 0 bridgehead atoms. The highest BCUT2D eigenvalue weighted by atomic mass is 35.5. The Labute approximate surface area is 116 Å². The molecule has 0 radical (unpaired) electrons.